The van der Waals surface area contributed by atoms with Crippen molar-refractivity contribution < 1.29 is 18.4 Å². The highest BCUT2D eigenvalue weighted by atomic mass is 32.2. The molecule has 1 aromatic rings. The molecule has 0 bridgehead atoms. The predicted molar refractivity (Wildman–Crippen MR) is 78.7 cm³/mol. The molecule has 0 saturated heterocycles. The summed E-state index contributed by atoms with van der Waals surface area (Å²) in [5.41, 5.74) is -0.253. The minimum Gasteiger partial charge on any atom is -0.394 e. The average molecular weight is 316 g/mol. The van der Waals surface area contributed by atoms with E-state index in [0.29, 0.717) is 17.5 Å². The summed E-state index contributed by atoms with van der Waals surface area (Å²) in [6.45, 7) is 6.21. The first-order valence-electron chi connectivity index (χ1n) is 6.47. The van der Waals surface area contributed by atoms with Crippen molar-refractivity contribution in [2.24, 2.45) is 0 Å². The number of aliphatic hydroxyl groups is 1. The van der Waals surface area contributed by atoms with Crippen molar-refractivity contribution in [2.75, 3.05) is 6.61 Å². The van der Waals surface area contributed by atoms with Gasteiger partial charge in [-0.3, -0.25) is 10.1 Å². The van der Waals surface area contributed by atoms with Crippen molar-refractivity contribution in [1.29, 1.82) is 0 Å². The lowest BCUT2D eigenvalue weighted by Crippen LogP contribution is -2.48. The fourth-order valence-corrected chi connectivity index (χ4v) is 3.44. The molecule has 0 aliphatic heterocycles. The van der Waals surface area contributed by atoms with Crippen LogP contribution in [0.4, 0.5) is 5.69 Å². The molecule has 0 fully saturated rings. The summed E-state index contributed by atoms with van der Waals surface area (Å²) in [6, 6.07) is 2.52. The topological polar surface area (TPSA) is 110 Å². The van der Waals surface area contributed by atoms with Gasteiger partial charge in [0.15, 0.2) is 4.90 Å². The number of hydrogen-bond acceptors (Lipinski definition) is 5. The second kappa shape index (κ2) is 6.08. The van der Waals surface area contributed by atoms with Gasteiger partial charge in [0, 0.05) is 6.07 Å². The zero-order chi connectivity index (χ0) is 16.4. The van der Waals surface area contributed by atoms with Crippen LogP contribution in [-0.4, -0.2) is 30.6 Å². The first kappa shape index (κ1) is 17.5. The molecule has 1 unspecified atom stereocenters. The van der Waals surface area contributed by atoms with Crippen molar-refractivity contribution >= 4 is 15.7 Å². The Labute approximate surface area is 124 Å². The molecule has 7 nitrogen and oxygen atoms in total. The highest BCUT2D eigenvalue weighted by Gasteiger charge is 2.33. The number of nitrogens with zero attached hydrogens (tertiary/aromatic N) is 1. The third-order valence-electron chi connectivity index (χ3n) is 3.57. The van der Waals surface area contributed by atoms with Gasteiger partial charge >= 0.3 is 0 Å². The van der Waals surface area contributed by atoms with E-state index < -0.39 is 32.8 Å². The summed E-state index contributed by atoms with van der Waals surface area (Å²) in [4.78, 5) is 10.00. The van der Waals surface area contributed by atoms with E-state index in [1.165, 1.54) is 19.1 Å². The summed E-state index contributed by atoms with van der Waals surface area (Å²) in [7, 11) is -4.11. The monoisotopic (exact) mass is 316 g/mol. The van der Waals surface area contributed by atoms with E-state index in [1.54, 1.807) is 20.8 Å². The Morgan fingerprint density at radius 3 is 2.29 bits per heavy atom. The number of nitro benzene ring substituents is 1. The number of nitrogens with one attached hydrogen (secondary N) is 1. The molecule has 8 heteroatoms. The van der Waals surface area contributed by atoms with Gasteiger partial charge in [-0.1, -0.05) is 6.92 Å². The van der Waals surface area contributed by atoms with Crippen LogP contribution in [0.2, 0.25) is 0 Å². The highest BCUT2D eigenvalue weighted by Crippen LogP contribution is 2.28. The van der Waals surface area contributed by atoms with Crippen LogP contribution in [0.15, 0.2) is 17.0 Å². The van der Waals surface area contributed by atoms with Gasteiger partial charge in [-0.05, 0) is 44.4 Å². The average Bonchev–Trinajstić information content (AvgIpc) is 2.40. The van der Waals surface area contributed by atoms with Crippen molar-refractivity contribution in [2.45, 2.75) is 44.6 Å². The Hall–Kier alpha value is -1.51. The number of benzene rings is 1. The van der Waals surface area contributed by atoms with Crippen LogP contribution in [-0.2, 0) is 10.0 Å². The number of nitro groups is 1. The molecule has 0 radical (unpaired) electrons. The van der Waals surface area contributed by atoms with Gasteiger partial charge < -0.3 is 5.11 Å². The Morgan fingerprint density at radius 1 is 1.33 bits per heavy atom. The summed E-state index contributed by atoms with van der Waals surface area (Å²) >= 11 is 0. The lowest BCUT2D eigenvalue weighted by molar-refractivity contribution is -0.387. The molecule has 0 aromatic heterocycles. The third-order valence-corrected chi connectivity index (χ3v) is 5.24. The lowest BCUT2D eigenvalue weighted by atomic mass is 10.0. The molecule has 118 valence electrons. The molecule has 0 aliphatic rings. The SMILES string of the molecule is CCC(C)(CO)NS(=O)(=O)c1cc(C)c(C)cc1[N+](=O)[O-]. The molecular formula is C13H20N2O5S. The zero-order valence-electron chi connectivity index (χ0n) is 12.5. The summed E-state index contributed by atoms with van der Waals surface area (Å²) < 4.78 is 27.2. The molecule has 0 spiro atoms. The largest absolute Gasteiger partial charge is 0.394 e. The minimum atomic E-state index is -4.11. The first-order valence-corrected chi connectivity index (χ1v) is 7.95. The van der Waals surface area contributed by atoms with Gasteiger partial charge in [0.25, 0.3) is 5.69 Å². The Bertz CT molecular complexity index is 651. The van der Waals surface area contributed by atoms with Gasteiger partial charge in [0.2, 0.25) is 10.0 Å². The second-order valence-corrected chi connectivity index (χ2v) is 6.99. The molecule has 1 aromatic carbocycles. The van der Waals surface area contributed by atoms with E-state index in [-0.39, 0.29) is 4.90 Å². The molecule has 1 rings (SSSR count). The smallest absolute Gasteiger partial charge is 0.289 e. The molecule has 1 atom stereocenters. The number of aliphatic hydroxyl groups excluding tert-OH is 1. The van der Waals surface area contributed by atoms with Crippen LogP contribution < -0.4 is 4.72 Å². The molecule has 21 heavy (non-hydrogen) atoms. The summed E-state index contributed by atoms with van der Waals surface area (Å²) in [5.74, 6) is 0. The normalized spacial score (nSPS) is 14.7. The van der Waals surface area contributed by atoms with E-state index >= 15 is 0 Å². The predicted octanol–water partition coefficient (Wildman–Crippen LogP) is 1.65. The molecule has 0 aliphatic carbocycles. The van der Waals surface area contributed by atoms with E-state index in [9.17, 15) is 23.6 Å². The van der Waals surface area contributed by atoms with E-state index in [0.717, 1.165) is 0 Å². The van der Waals surface area contributed by atoms with Crippen LogP contribution in [0, 0.1) is 24.0 Å². The van der Waals surface area contributed by atoms with Gasteiger partial charge in [-0.25, -0.2) is 13.1 Å². The Kier molecular flexibility index (Phi) is 5.08. The fourth-order valence-electron chi connectivity index (χ4n) is 1.73. The van der Waals surface area contributed by atoms with Gasteiger partial charge in [0.1, 0.15) is 0 Å². The first-order chi connectivity index (χ1) is 9.56. The van der Waals surface area contributed by atoms with Crippen LogP contribution >= 0.6 is 0 Å². The maximum absolute atomic E-state index is 12.4. The van der Waals surface area contributed by atoms with Gasteiger partial charge in [-0.15, -0.1) is 0 Å². The summed E-state index contributed by atoms with van der Waals surface area (Å²) in [5, 5.41) is 20.4. The molecule has 0 heterocycles. The van der Waals surface area contributed by atoms with Crippen LogP contribution in [0.5, 0.6) is 0 Å². The number of rotatable bonds is 6. The Morgan fingerprint density at radius 2 is 1.86 bits per heavy atom. The standard InChI is InChI=1S/C13H20N2O5S/c1-5-13(4,8-16)14-21(19,20)12-7-10(3)9(2)6-11(12)15(17)18/h6-7,14,16H,5,8H2,1-4H3. The maximum atomic E-state index is 12.4. The quantitative estimate of drug-likeness (QED) is 0.612. The maximum Gasteiger partial charge on any atom is 0.289 e. The summed E-state index contributed by atoms with van der Waals surface area (Å²) in [6.07, 6.45) is 0.349. The number of aryl methyl sites for hydroxylation is 2. The van der Waals surface area contributed by atoms with Crippen molar-refractivity contribution in [1.82, 2.24) is 4.72 Å². The highest BCUT2D eigenvalue weighted by molar-refractivity contribution is 7.89. The van der Waals surface area contributed by atoms with E-state index in [4.69, 9.17) is 0 Å². The fraction of sp³-hybridized carbons (Fsp3) is 0.538. The third kappa shape index (κ3) is 3.78. The second-order valence-electron chi connectivity index (χ2n) is 5.34. The lowest BCUT2D eigenvalue weighted by Gasteiger charge is -2.26. The van der Waals surface area contributed by atoms with Gasteiger partial charge in [0.05, 0.1) is 17.1 Å². The Balaban J connectivity index is 3.44. The molecule has 0 saturated carbocycles. The molecule has 0 amide bonds. The zero-order valence-corrected chi connectivity index (χ0v) is 13.3. The van der Waals surface area contributed by atoms with E-state index in [1.807, 2.05) is 0 Å². The van der Waals surface area contributed by atoms with Gasteiger partial charge in [-0.2, -0.15) is 0 Å². The van der Waals surface area contributed by atoms with E-state index in [2.05, 4.69) is 4.72 Å². The minimum absolute atomic E-state index is 0.349. The molecular weight excluding hydrogens is 296 g/mol. The molecule has 2 N–H and O–H groups in total. The van der Waals surface area contributed by atoms with Crippen molar-refractivity contribution in [3.63, 3.8) is 0 Å². The number of hydrogen-bond donors (Lipinski definition) is 2. The van der Waals surface area contributed by atoms with Crippen molar-refractivity contribution in [3.05, 3.63) is 33.4 Å². The van der Waals surface area contributed by atoms with Crippen molar-refractivity contribution in [3.8, 4) is 0 Å². The number of sulfonamides is 1. The van der Waals surface area contributed by atoms with Crippen LogP contribution in [0.25, 0.3) is 0 Å². The van der Waals surface area contributed by atoms with Crippen LogP contribution in [0.1, 0.15) is 31.4 Å². The van der Waals surface area contributed by atoms with Crippen LogP contribution in [0.3, 0.4) is 0 Å².